The molecule has 0 aliphatic heterocycles. The third kappa shape index (κ3) is 3.25. The van der Waals surface area contributed by atoms with Crippen molar-refractivity contribution in [3.8, 4) is 0 Å². The topological polar surface area (TPSA) is 3.24 Å². The van der Waals surface area contributed by atoms with Gasteiger partial charge in [0, 0.05) is 23.6 Å². The first kappa shape index (κ1) is 12.9. The van der Waals surface area contributed by atoms with E-state index in [2.05, 4.69) is 52.9 Å². The van der Waals surface area contributed by atoms with Gasteiger partial charge in [0.15, 0.2) is 0 Å². The Morgan fingerprint density at radius 3 is 2.71 bits per heavy atom. The molecular weight excluding hydrogens is 274 g/mol. The Morgan fingerprint density at radius 1 is 1.35 bits per heavy atom. The normalized spacial score (nSPS) is 15.0. The van der Waals surface area contributed by atoms with Gasteiger partial charge in [0.05, 0.1) is 0 Å². The summed E-state index contributed by atoms with van der Waals surface area (Å²) in [6.07, 6.45) is 5.32. The smallest absolute Gasteiger partial charge is 0.0410 e. The lowest BCUT2D eigenvalue weighted by molar-refractivity contribution is 0.711. The highest BCUT2D eigenvalue weighted by Gasteiger charge is 2.29. The van der Waals surface area contributed by atoms with Crippen LogP contribution in [-0.4, -0.2) is 12.6 Å². The van der Waals surface area contributed by atoms with E-state index < -0.39 is 0 Å². The lowest BCUT2D eigenvalue weighted by Gasteiger charge is -2.27. The molecule has 1 aliphatic carbocycles. The minimum Gasteiger partial charge on any atom is -0.368 e. The van der Waals surface area contributed by atoms with Crippen molar-refractivity contribution in [2.75, 3.05) is 11.4 Å². The van der Waals surface area contributed by atoms with E-state index >= 15 is 0 Å². The van der Waals surface area contributed by atoms with E-state index in [1.807, 2.05) is 0 Å². The first-order valence-electron chi connectivity index (χ1n) is 6.68. The van der Waals surface area contributed by atoms with Gasteiger partial charge in [0.25, 0.3) is 0 Å². The molecule has 0 N–H and O–H groups in total. The lowest BCUT2D eigenvalue weighted by Crippen LogP contribution is -2.27. The minimum absolute atomic E-state index is 0.807. The molecule has 1 nitrogen and oxygen atoms in total. The molecule has 1 saturated carbocycles. The van der Waals surface area contributed by atoms with Gasteiger partial charge in [0.2, 0.25) is 0 Å². The molecule has 1 aliphatic rings. The van der Waals surface area contributed by atoms with Gasteiger partial charge in [-0.05, 0) is 37.8 Å². The molecule has 0 radical (unpaired) electrons. The van der Waals surface area contributed by atoms with Crippen molar-refractivity contribution in [2.45, 2.75) is 50.9 Å². The van der Waals surface area contributed by atoms with Gasteiger partial charge in [-0.2, -0.15) is 0 Å². The Labute approximate surface area is 113 Å². The number of hydrogen-bond donors (Lipinski definition) is 0. The van der Waals surface area contributed by atoms with Crippen LogP contribution < -0.4 is 4.90 Å². The number of unbranched alkanes of at least 4 members (excludes halogenated alkanes) is 1. The molecule has 2 rings (SSSR count). The zero-order valence-corrected chi connectivity index (χ0v) is 12.5. The van der Waals surface area contributed by atoms with Crippen LogP contribution in [0.3, 0.4) is 0 Å². The van der Waals surface area contributed by atoms with Gasteiger partial charge in [0.1, 0.15) is 0 Å². The van der Waals surface area contributed by atoms with E-state index in [0.717, 1.165) is 11.4 Å². The predicted molar refractivity (Wildman–Crippen MR) is 79.1 cm³/mol. The fraction of sp³-hybridized carbons (Fsp3) is 0.600. The number of rotatable bonds is 6. The van der Waals surface area contributed by atoms with Crippen molar-refractivity contribution in [3.05, 3.63) is 29.3 Å². The standard InChI is InChI=1S/C15H22BrN/c1-3-4-9-17(14-6-7-14)15-8-5-12(2)10-13(15)11-16/h5,8,10,14H,3-4,6-7,9,11H2,1-2H3. The number of anilines is 1. The third-order valence-corrected chi connectivity index (χ3v) is 4.03. The maximum atomic E-state index is 3.62. The Balaban J connectivity index is 2.21. The van der Waals surface area contributed by atoms with Crippen LogP contribution in [0.4, 0.5) is 5.69 Å². The van der Waals surface area contributed by atoms with Gasteiger partial charge in [-0.25, -0.2) is 0 Å². The molecule has 0 saturated heterocycles. The number of hydrogen-bond acceptors (Lipinski definition) is 1. The second kappa shape index (κ2) is 5.90. The van der Waals surface area contributed by atoms with Crippen LogP contribution in [0.15, 0.2) is 18.2 Å². The van der Waals surface area contributed by atoms with E-state index in [-0.39, 0.29) is 0 Å². The van der Waals surface area contributed by atoms with Crippen molar-refractivity contribution in [1.82, 2.24) is 0 Å². The first-order valence-corrected chi connectivity index (χ1v) is 7.80. The summed E-state index contributed by atoms with van der Waals surface area (Å²) in [7, 11) is 0. The molecule has 2 heteroatoms. The molecule has 0 amide bonds. The van der Waals surface area contributed by atoms with Gasteiger partial charge in [-0.3, -0.25) is 0 Å². The van der Waals surface area contributed by atoms with Crippen molar-refractivity contribution < 1.29 is 0 Å². The molecule has 94 valence electrons. The van der Waals surface area contributed by atoms with Gasteiger partial charge >= 0.3 is 0 Å². The van der Waals surface area contributed by atoms with Crippen LogP contribution in [0.25, 0.3) is 0 Å². The van der Waals surface area contributed by atoms with Gasteiger partial charge in [-0.1, -0.05) is 47.0 Å². The summed E-state index contributed by atoms with van der Waals surface area (Å²) in [5.74, 6) is 0. The van der Waals surface area contributed by atoms with E-state index in [9.17, 15) is 0 Å². The van der Waals surface area contributed by atoms with Gasteiger partial charge in [-0.15, -0.1) is 0 Å². The van der Waals surface area contributed by atoms with Crippen LogP contribution in [0.2, 0.25) is 0 Å². The Bertz CT molecular complexity index is 371. The molecule has 0 aromatic heterocycles. The molecule has 0 bridgehead atoms. The minimum atomic E-state index is 0.807. The zero-order chi connectivity index (χ0) is 12.3. The zero-order valence-electron chi connectivity index (χ0n) is 10.9. The number of nitrogens with zero attached hydrogens (tertiary/aromatic N) is 1. The highest BCUT2D eigenvalue weighted by atomic mass is 79.9. The third-order valence-electron chi connectivity index (χ3n) is 3.43. The summed E-state index contributed by atoms with van der Waals surface area (Å²) in [4.78, 5) is 2.62. The summed E-state index contributed by atoms with van der Waals surface area (Å²) in [6.45, 7) is 5.65. The Hall–Kier alpha value is -0.500. The largest absolute Gasteiger partial charge is 0.368 e. The second-order valence-corrected chi connectivity index (χ2v) is 5.60. The SMILES string of the molecule is CCCCN(c1ccc(C)cc1CBr)C1CC1. The van der Waals surface area contributed by atoms with E-state index in [4.69, 9.17) is 0 Å². The quantitative estimate of drug-likeness (QED) is 0.690. The van der Waals surface area contributed by atoms with Crippen LogP contribution >= 0.6 is 15.9 Å². The molecule has 17 heavy (non-hydrogen) atoms. The van der Waals surface area contributed by atoms with Crippen molar-refractivity contribution >= 4 is 21.6 Å². The molecular formula is C15H22BrN. The molecule has 1 aromatic carbocycles. The maximum Gasteiger partial charge on any atom is 0.0410 e. The Morgan fingerprint density at radius 2 is 2.12 bits per heavy atom. The summed E-state index contributed by atoms with van der Waals surface area (Å²) in [5, 5.41) is 0.958. The summed E-state index contributed by atoms with van der Waals surface area (Å²) in [5.41, 5.74) is 4.24. The summed E-state index contributed by atoms with van der Waals surface area (Å²) < 4.78 is 0. The number of benzene rings is 1. The highest BCUT2D eigenvalue weighted by Crippen LogP contribution is 2.35. The second-order valence-electron chi connectivity index (χ2n) is 5.04. The average molecular weight is 296 g/mol. The predicted octanol–water partition coefficient (Wildman–Crippen LogP) is 4.66. The van der Waals surface area contributed by atoms with Crippen LogP contribution in [0, 0.1) is 6.92 Å². The van der Waals surface area contributed by atoms with E-state index in [0.29, 0.717) is 0 Å². The maximum absolute atomic E-state index is 3.62. The average Bonchev–Trinajstić information content (AvgIpc) is 3.15. The molecule has 0 heterocycles. The molecule has 0 spiro atoms. The summed E-state index contributed by atoms with van der Waals surface area (Å²) in [6, 6.07) is 7.66. The molecule has 0 unspecified atom stereocenters. The van der Waals surface area contributed by atoms with E-state index in [1.165, 1.54) is 49.0 Å². The fourth-order valence-corrected chi connectivity index (χ4v) is 2.77. The van der Waals surface area contributed by atoms with Crippen LogP contribution in [-0.2, 0) is 5.33 Å². The number of alkyl halides is 1. The monoisotopic (exact) mass is 295 g/mol. The fourth-order valence-electron chi connectivity index (χ4n) is 2.32. The number of halogens is 1. The summed E-state index contributed by atoms with van der Waals surface area (Å²) >= 11 is 3.62. The van der Waals surface area contributed by atoms with Crippen molar-refractivity contribution in [2.24, 2.45) is 0 Å². The van der Waals surface area contributed by atoms with Gasteiger partial charge < -0.3 is 4.90 Å². The van der Waals surface area contributed by atoms with Crippen LogP contribution in [0.5, 0.6) is 0 Å². The van der Waals surface area contributed by atoms with Crippen molar-refractivity contribution in [1.29, 1.82) is 0 Å². The highest BCUT2D eigenvalue weighted by molar-refractivity contribution is 9.08. The Kier molecular flexibility index (Phi) is 4.49. The first-order chi connectivity index (χ1) is 8.26. The van der Waals surface area contributed by atoms with E-state index in [1.54, 1.807) is 0 Å². The molecule has 1 aromatic rings. The van der Waals surface area contributed by atoms with Crippen LogP contribution in [0.1, 0.15) is 43.7 Å². The lowest BCUT2D eigenvalue weighted by atomic mass is 10.1. The van der Waals surface area contributed by atoms with Crippen molar-refractivity contribution in [3.63, 3.8) is 0 Å². The molecule has 0 atom stereocenters. The molecule has 1 fully saturated rings. The number of aryl methyl sites for hydroxylation is 1.